The normalized spacial score (nSPS) is 15.7. The number of imidazole rings is 1. The molecular formula is C15H19N5O3. The van der Waals surface area contributed by atoms with E-state index >= 15 is 0 Å². The summed E-state index contributed by atoms with van der Waals surface area (Å²) in [5.74, 6) is 1.34. The van der Waals surface area contributed by atoms with Crippen LogP contribution in [0.25, 0.3) is 0 Å². The molecule has 1 fully saturated rings. The lowest BCUT2D eigenvalue weighted by Crippen LogP contribution is -2.39. The van der Waals surface area contributed by atoms with Gasteiger partial charge >= 0.3 is 0 Å². The Morgan fingerprint density at radius 2 is 2.04 bits per heavy atom. The van der Waals surface area contributed by atoms with Crippen LogP contribution in [0.1, 0.15) is 31.0 Å². The first-order valence-corrected chi connectivity index (χ1v) is 7.71. The Morgan fingerprint density at radius 1 is 1.26 bits per heavy atom. The number of aromatic nitrogens is 4. The van der Waals surface area contributed by atoms with Gasteiger partial charge in [0, 0.05) is 50.0 Å². The summed E-state index contributed by atoms with van der Waals surface area (Å²) in [6.45, 7) is 1.56. The van der Waals surface area contributed by atoms with Crippen LogP contribution in [0.4, 0.5) is 0 Å². The molecule has 8 nitrogen and oxygen atoms in total. The van der Waals surface area contributed by atoms with E-state index in [4.69, 9.17) is 0 Å². The molecule has 3 heterocycles. The van der Waals surface area contributed by atoms with Crippen LogP contribution < -0.4 is 11.1 Å². The van der Waals surface area contributed by atoms with Gasteiger partial charge in [0.1, 0.15) is 5.82 Å². The van der Waals surface area contributed by atoms with Gasteiger partial charge in [-0.1, -0.05) is 0 Å². The van der Waals surface area contributed by atoms with Crippen LogP contribution in [-0.2, 0) is 11.3 Å². The topological polar surface area (TPSA) is 104 Å². The molecule has 8 heteroatoms. The lowest BCUT2D eigenvalue weighted by molar-refractivity contribution is -0.132. The van der Waals surface area contributed by atoms with Crippen LogP contribution in [0.2, 0.25) is 0 Å². The number of H-pyrrole nitrogens is 2. The maximum Gasteiger partial charge on any atom is 0.265 e. The number of likely N-dealkylation sites (tertiary alicyclic amines) is 1. The van der Waals surface area contributed by atoms with Crippen molar-refractivity contribution in [1.29, 1.82) is 0 Å². The molecule has 0 saturated carbocycles. The highest BCUT2D eigenvalue weighted by Gasteiger charge is 2.24. The van der Waals surface area contributed by atoms with Crippen LogP contribution >= 0.6 is 0 Å². The van der Waals surface area contributed by atoms with Gasteiger partial charge in [-0.05, 0) is 12.8 Å². The van der Waals surface area contributed by atoms with Gasteiger partial charge in [0.15, 0.2) is 0 Å². The minimum absolute atomic E-state index is 0.000466. The van der Waals surface area contributed by atoms with Crippen molar-refractivity contribution < 1.29 is 4.79 Å². The van der Waals surface area contributed by atoms with Gasteiger partial charge in [0.2, 0.25) is 5.91 Å². The summed E-state index contributed by atoms with van der Waals surface area (Å²) in [5, 5.41) is 2.42. The third-order valence-corrected chi connectivity index (χ3v) is 4.19. The number of aryl methyl sites for hydroxylation is 1. The van der Waals surface area contributed by atoms with E-state index in [1.165, 1.54) is 16.8 Å². The fourth-order valence-corrected chi connectivity index (χ4v) is 2.90. The van der Waals surface area contributed by atoms with Crippen molar-refractivity contribution in [3.63, 3.8) is 0 Å². The second kappa shape index (κ2) is 6.64. The largest absolute Gasteiger partial charge is 0.348 e. The third-order valence-electron chi connectivity index (χ3n) is 4.19. The van der Waals surface area contributed by atoms with E-state index in [9.17, 15) is 14.4 Å². The van der Waals surface area contributed by atoms with E-state index in [-0.39, 0.29) is 30.0 Å². The molecule has 0 bridgehead atoms. The second-order valence-corrected chi connectivity index (χ2v) is 5.68. The highest BCUT2D eigenvalue weighted by Crippen LogP contribution is 2.25. The summed E-state index contributed by atoms with van der Waals surface area (Å²) >= 11 is 0. The summed E-state index contributed by atoms with van der Waals surface area (Å²) < 4.78 is 1.18. The highest BCUT2D eigenvalue weighted by atomic mass is 16.2. The number of rotatable bonds is 4. The first kappa shape index (κ1) is 15.3. The monoisotopic (exact) mass is 317 g/mol. The Morgan fingerprint density at radius 3 is 2.74 bits per heavy atom. The number of nitrogens with zero attached hydrogens (tertiary/aromatic N) is 3. The molecule has 1 saturated heterocycles. The summed E-state index contributed by atoms with van der Waals surface area (Å²) in [4.78, 5) is 44.3. The zero-order valence-corrected chi connectivity index (χ0v) is 12.7. The van der Waals surface area contributed by atoms with Crippen molar-refractivity contribution in [2.45, 2.75) is 31.7 Å². The molecule has 1 aliphatic rings. The Hall–Kier alpha value is -2.64. The van der Waals surface area contributed by atoms with Gasteiger partial charge in [-0.25, -0.2) is 9.67 Å². The molecule has 2 aromatic heterocycles. The summed E-state index contributed by atoms with van der Waals surface area (Å²) in [7, 11) is 0. The molecule has 1 aliphatic heterocycles. The van der Waals surface area contributed by atoms with Crippen molar-refractivity contribution in [2.75, 3.05) is 13.1 Å². The number of nitrogens with one attached hydrogen (secondary N) is 2. The maximum atomic E-state index is 12.3. The van der Waals surface area contributed by atoms with Crippen molar-refractivity contribution in [3.05, 3.63) is 51.1 Å². The molecule has 122 valence electrons. The standard InChI is InChI=1S/C15H19N5O3/c21-12-1-2-14(23)20(18-12)10-5-13(22)19-8-3-11(4-9-19)15-16-6-7-17-15/h1-2,6-7,11H,3-5,8-10H2,(H,16,17)(H,18,21). The van der Waals surface area contributed by atoms with Crippen molar-refractivity contribution in [1.82, 2.24) is 24.6 Å². The predicted molar refractivity (Wildman–Crippen MR) is 83.1 cm³/mol. The predicted octanol–water partition coefficient (Wildman–Crippen LogP) is 0.0560. The van der Waals surface area contributed by atoms with E-state index in [0.717, 1.165) is 18.7 Å². The van der Waals surface area contributed by atoms with Gasteiger partial charge in [0.05, 0.1) is 6.54 Å². The number of hydrogen-bond donors (Lipinski definition) is 2. The molecule has 0 aromatic carbocycles. The van der Waals surface area contributed by atoms with Crippen molar-refractivity contribution in [3.8, 4) is 0 Å². The number of carbonyl (C=O) groups excluding carboxylic acids is 1. The van der Waals surface area contributed by atoms with Gasteiger partial charge in [-0.3, -0.25) is 19.5 Å². The molecule has 3 rings (SSSR count). The molecule has 2 aromatic rings. The minimum atomic E-state index is -0.351. The Kier molecular flexibility index (Phi) is 4.40. The average molecular weight is 317 g/mol. The summed E-state index contributed by atoms with van der Waals surface area (Å²) in [6, 6.07) is 2.39. The number of hydrogen-bond acceptors (Lipinski definition) is 4. The summed E-state index contributed by atoms with van der Waals surface area (Å²) in [5.41, 5.74) is -0.662. The first-order chi connectivity index (χ1) is 11.1. The summed E-state index contributed by atoms with van der Waals surface area (Å²) in [6.07, 6.45) is 5.50. The molecule has 0 spiro atoms. The van der Waals surface area contributed by atoms with E-state index in [2.05, 4.69) is 15.1 Å². The maximum absolute atomic E-state index is 12.3. The van der Waals surface area contributed by atoms with Gasteiger partial charge in [-0.15, -0.1) is 0 Å². The molecular weight excluding hydrogens is 298 g/mol. The quantitative estimate of drug-likeness (QED) is 0.832. The lowest BCUT2D eigenvalue weighted by Gasteiger charge is -2.31. The zero-order chi connectivity index (χ0) is 16.2. The van der Waals surface area contributed by atoms with Crippen molar-refractivity contribution >= 4 is 5.91 Å². The van der Waals surface area contributed by atoms with Gasteiger partial charge in [-0.2, -0.15) is 0 Å². The van der Waals surface area contributed by atoms with Crippen LogP contribution in [0.15, 0.2) is 34.1 Å². The average Bonchev–Trinajstić information content (AvgIpc) is 3.10. The van der Waals surface area contributed by atoms with E-state index in [1.54, 1.807) is 6.20 Å². The fourth-order valence-electron chi connectivity index (χ4n) is 2.90. The molecule has 0 radical (unpaired) electrons. The van der Waals surface area contributed by atoms with Crippen molar-refractivity contribution in [2.24, 2.45) is 0 Å². The Labute approximate surface area is 132 Å². The number of aromatic amines is 2. The smallest absolute Gasteiger partial charge is 0.265 e. The van der Waals surface area contributed by atoms with E-state index < -0.39 is 0 Å². The molecule has 1 amide bonds. The zero-order valence-electron chi connectivity index (χ0n) is 12.7. The Balaban J connectivity index is 1.53. The molecule has 2 N–H and O–H groups in total. The van der Waals surface area contributed by atoms with Crippen LogP contribution in [0.5, 0.6) is 0 Å². The van der Waals surface area contributed by atoms with Gasteiger partial charge in [0.25, 0.3) is 11.1 Å². The molecule has 0 atom stereocenters. The van der Waals surface area contributed by atoms with Crippen LogP contribution in [0.3, 0.4) is 0 Å². The fraction of sp³-hybridized carbons (Fsp3) is 0.467. The van der Waals surface area contributed by atoms with Crippen LogP contribution in [0, 0.1) is 0 Å². The van der Waals surface area contributed by atoms with Gasteiger partial charge < -0.3 is 9.88 Å². The number of carbonyl (C=O) groups is 1. The molecule has 0 unspecified atom stereocenters. The first-order valence-electron chi connectivity index (χ1n) is 7.71. The third kappa shape index (κ3) is 3.58. The molecule has 23 heavy (non-hydrogen) atoms. The number of piperidine rings is 1. The van der Waals surface area contributed by atoms with E-state index in [1.807, 2.05) is 11.1 Å². The number of amides is 1. The van der Waals surface area contributed by atoms with E-state index in [0.29, 0.717) is 19.0 Å². The van der Waals surface area contributed by atoms with Crippen LogP contribution in [-0.4, -0.2) is 43.6 Å². The SMILES string of the molecule is O=C(CCn1[nH]c(=O)ccc1=O)N1CCC(c2ncc[nH]2)CC1. The Bertz CT molecular complexity index is 769. The minimum Gasteiger partial charge on any atom is -0.348 e. The molecule has 0 aliphatic carbocycles. The lowest BCUT2D eigenvalue weighted by atomic mass is 9.96. The second-order valence-electron chi connectivity index (χ2n) is 5.68. The highest BCUT2D eigenvalue weighted by molar-refractivity contribution is 5.76.